The predicted octanol–water partition coefficient (Wildman–Crippen LogP) is 1.96. The van der Waals surface area contributed by atoms with Crippen molar-refractivity contribution in [2.24, 2.45) is 5.92 Å². The third-order valence-corrected chi connectivity index (χ3v) is 3.30. The van der Waals surface area contributed by atoms with Gasteiger partial charge in [0, 0.05) is 12.6 Å². The van der Waals surface area contributed by atoms with Crippen LogP contribution in [0, 0.1) is 5.92 Å². The molecule has 0 bridgehead atoms. The van der Waals surface area contributed by atoms with Crippen LogP contribution < -0.4 is 5.32 Å². The highest BCUT2D eigenvalue weighted by molar-refractivity contribution is 4.81. The van der Waals surface area contributed by atoms with Crippen LogP contribution in [0.25, 0.3) is 0 Å². The zero-order valence-electron chi connectivity index (χ0n) is 9.68. The topological polar surface area (TPSA) is 15.3 Å². The van der Waals surface area contributed by atoms with Crippen molar-refractivity contribution in [3.05, 3.63) is 0 Å². The maximum atomic E-state index is 12.2. The molecule has 1 rings (SSSR count). The van der Waals surface area contributed by atoms with Crippen LogP contribution >= 0.6 is 0 Å². The second-order valence-electron chi connectivity index (χ2n) is 4.55. The van der Waals surface area contributed by atoms with Crippen molar-refractivity contribution in [1.29, 1.82) is 0 Å². The quantitative estimate of drug-likeness (QED) is 0.736. The molecule has 1 fully saturated rings. The molecular weight excluding hydrogens is 198 g/mol. The maximum absolute atomic E-state index is 12.2. The van der Waals surface area contributed by atoms with E-state index in [1.807, 2.05) is 7.05 Å². The van der Waals surface area contributed by atoms with Crippen LogP contribution in [0.4, 0.5) is 8.78 Å². The first kappa shape index (κ1) is 12.8. The Kier molecular flexibility index (Phi) is 5.47. The summed E-state index contributed by atoms with van der Waals surface area (Å²) in [5.41, 5.74) is 0. The minimum Gasteiger partial charge on any atom is -0.315 e. The van der Waals surface area contributed by atoms with E-state index in [-0.39, 0.29) is 6.54 Å². The van der Waals surface area contributed by atoms with Gasteiger partial charge in [-0.25, -0.2) is 8.78 Å². The lowest BCUT2D eigenvalue weighted by atomic mass is 9.98. The second-order valence-corrected chi connectivity index (χ2v) is 4.55. The summed E-state index contributed by atoms with van der Waals surface area (Å²) in [4.78, 5) is 1.73. The van der Waals surface area contributed by atoms with E-state index >= 15 is 0 Å². The standard InChI is InChI=1S/C11H22F2N2/c1-14-10(9-5-3-4-6-9)7-15(2)8-11(12)13/h9-11,14H,3-8H2,1-2H3. The number of nitrogens with one attached hydrogen (secondary N) is 1. The van der Waals surface area contributed by atoms with Crippen molar-refractivity contribution >= 4 is 0 Å². The van der Waals surface area contributed by atoms with Gasteiger partial charge in [0.05, 0.1) is 6.54 Å². The zero-order valence-corrected chi connectivity index (χ0v) is 9.68. The Morgan fingerprint density at radius 2 is 1.87 bits per heavy atom. The van der Waals surface area contributed by atoms with Gasteiger partial charge in [-0.2, -0.15) is 0 Å². The third-order valence-electron chi connectivity index (χ3n) is 3.30. The van der Waals surface area contributed by atoms with Crippen molar-refractivity contribution in [3.8, 4) is 0 Å². The molecule has 1 unspecified atom stereocenters. The predicted molar refractivity (Wildman–Crippen MR) is 58.3 cm³/mol. The molecule has 1 aliphatic rings. The van der Waals surface area contributed by atoms with E-state index in [2.05, 4.69) is 5.32 Å². The van der Waals surface area contributed by atoms with E-state index in [4.69, 9.17) is 0 Å². The minimum absolute atomic E-state index is 0.120. The van der Waals surface area contributed by atoms with Crippen LogP contribution in [-0.4, -0.2) is 44.6 Å². The molecular formula is C11H22F2N2. The van der Waals surface area contributed by atoms with Crippen LogP contribution in [0.3, 0.4) is 0 Å². The van der Waals surface area contributed by atoms with Crippen LogP contribution in [0.5, 0.6) is 0 Å². The van der Waals surface area contributed by atoms with Crippen LogP contribution in [0.2, 0.25) is 0 Å². The maximum Gasteiger partial charge on any atom is 0.251 e. The van der Waals surface area contributed by atoms with Crippen molar-refractivity contribution in [2.75, 3.05) is 27.2 Å². The zero-order chi connectivity index (χ0) is 11.3. The first-order valence-electron chi connectivity index (χ1n) is 5.77. The van der Waals surface area contributed by atoms with E-state index in [0.717, 1.165) is 6.54 Å². The molecule has 1 saturated carbocycles. The number of halogens is 2. The number of nitrogens with zero attached hydrogens (tertiary/aromatic N) is 1. The number of alkyl halides is 2. The Labute approximate surface area is 91.0 Å². The fourth-order valence-electron chi connectivity index (χ4n) is 2.48. The number of likely N-dealkylation sites (N-methyl/N-ethyl adjacent to an activating group) is 2. The summed E-state index contributed by atoms with van der Waals surface area (Å²) in [7, 11) is 3.70. The van der Waals surface area contributed by atoms with Gasteiger partial charge >= 0.3 is 0 Å². The molecule has 4 heteroatoms. The van der Waals surface area contributed by atoms with Gasteiger partial charge in [-0.05, 0) is 32.9 Å². The van der Waals surface area contributed by atoms with E-state index in [1.54, 1.807) is 11.9 Å². The Bertz CT molecular complexity index is 170. The molecule has 15 heavy (non-hydrogen) atoms. The third kappa shape index (κ3) is 4.43. The van der Waals surface area contributed by atoms with Crippen molar-refractivity contribution < 1.29 is 8.78 Å². The molecule has 0 amide bonds. The van der Waals surface area contributed by atoms with Crippen molar-refractivity contribution in [3.63, 3.8) is 0 Å². The Morgan fingerprint density at radius 3 is 2.33 bits per heavy atom. The average molecular weight is 220 g/mol. The first-order valence-corrected chi connectivity index (χ1v) is 5.77. The highest BCUT2D eigenvalue weighted by Crippen LogP contribution is 2.27. The van der Waals surface area contributed by atoms with Crippen LogP contribution in [-0.2, 0) is 0 Å². The van der Waals surface area contributed by atoms with Gasteiger partial charge in [0.25, 0.3) is 6.43 Å². The Morgan fingerprint density at radius 1 is 1.27 bits per heavy atom. The van der Waals surface area contributed by atoms with Gasteiger partial charge in [0.1, 0.15) is 0 Å². The Hall–Kier alpha value is -0.220. The van der Waals surface area contributed by atoms with E-state index < -0.39 is 6.43 Å². The van der Waals surface area contributed by atoms with Gasteiger partial charge in [0.15, 0.2) is 0 Å². The van der Waals surface area contributed by atoms with Crippen molar-refractivity contribution in [2.45, 2.75) is 38.2 Å². The first-order chi connectivity index (χ1) is 7.13. The van der Waals surface area contributed by atoms with E-state index in [9.17, 15) is 8.78 Å². The molecule has 0 aromatic rings. The van der Waals surface area contributed by atoms with Crippen LogP contribution in [0.15, 0.2) is 0 Å². The summed E-state index contributed by atoms with van der Waals surface area (Å²) < 4.78 is 24.3. The fraction of sp³-hybridized carbons (Fsp3) is 1.00. The number of rotatable bonds is 6. The van der Waals surface area contributed by atoms with Crippen molar-refractivity contribution in [1.82, 2.24) is 10.2 Å². The summed E-state index contributed by atoms with van der Waals surface area (Å²) in [5, 5.41) is 3.26. The van der Waals surface area contributed by atoms with Gasteiger partial charge in [-0.15, -0.1) is 0 Å². The van der Waals surface area contributed by atoms with Gasteiger partial charge < -0.3 is 5.32 Å². The lowest BCUT2D eigenvalue weighted by molar-refractivity contribution is 0.0924. The normalized spacial score (nSPS) is 20.4. The van der Waals surface area contributed by atoms with Gasteiger partial charge in [0.2, 0.25) is 0 Å². The highest BCUT2D eigenvalue weighted by atomic mass is 19.3. The smallest absolute Gasteiger partial charge is 0.251 e. The molecule has 1 aliphatic carbocycles. The van der Waals surface area contributed by atoms with Gasteiger partial charge in [-0.3, -0.25) is 4.90 Å². The molecule has 1 N–H and O–H groups in total. The molecule has 0 spiro atoms. The number of hydrogen-bond acceptors (Lipinski definition) is 2. The van der Waals surface area contributed by atoms with Gasteiger partial charge in [-0.1, -0.05) is 12.8 Å². The molecule has 0 aromatic carbocycles. The molecule has 0 aliphatic heterocycles. The average Bonchev–Trinajstić information content (AvgIpc) is 2.65. The summed E-state index contributed by atoms with van der Waals surface area (Å²) in [6, 6.07) is 0.372. The highest BCUT2D eigenvalue weighted by Gasteiger charge is 2.25. The molecule has 2 nitrogen and oxygen atoms in total. The Balaban J connectivity index is 2.31. The summed E-state index contributed by atoms with van der Waals surface area (Å²) in [6.07, 6.45) is 2.85. The molecule has 0 aromatic heterocycles. The second kappa shape index (κ2) is 6.38. The van der Waals surface area contributed by atoms with E-state index in [0.29, 0.717) is 12.0 Å². The molecule has 1 atom stereocenters. The molecule has 90 valence electrons. The molecule has 0 heterocycles. The summed E-state index contributed by atoms with van der Waals surface area (Å²) >= 11 is 0. The fourth-order valence-corrected chi connectivity index (χ4v) is 2.48. The minimum atomic E-state index is -2.23. The van der Waals surface area contributed by atoms with Crippen LogP contribution in [0.1, 0.15) is 25.7 Å². The summed E-state index contributed by atoms with van der Waals surface area (Å²) in [6.45, 7) is 0.608. The molecule has 0 saturated heterocycles. The largest absolute Gasteiger partial charge is 0.315 e. The summed E-state index contributed by atoms with van der Waals surface area (Å²) in [5.74, 6) is 0.676. The number of hydrogen-bond donors (Lipinski definition) is 1. The monoisotopic (exact) mass is 220 g/mol. The van der Waals surface area contributed by atoms with E-state index in [1.165, 1.54) is 25.7 Å². The lowest BCUT2D eigenvalue weighted by Gasteiger charge is -2.27. The molecule has 0 radical (unpaired) electrons. The SMILES string of the molecule is CNC(CN(C)CC(F)F)C1CCCC1. The lowest BCUT2D eigenvalue weighted by Crippen LogP contribution is -2.43.